The first-order valence-electron chi connectivity index (χ1n) is 3.63. The summed E-state index contributed by atoms with van der Waals surface area (Å²) < 4.78 is 29.9. The fourth-order valence-electron chi connectivity index (χ4n) is 1.07. The molecule has 0 saturated heterocycles. The van der Waals surface area contributed by atoms with Crippen LogP contribution in [-0.4, -0.2) is 34.0 Å². The van der Waals surface area contributed by atoms with Crippen LogP contribution in [0.1, 0.15) is 0 Å². The van der Waals surface area contributed by atoms with E-state index in [1.807, 2.05) is 0 Å². The van der Waals surface area contributed by atoms with Crippen molar-refractivity contribution < 1.29 is 13.0 Å². The van der Waals surface area contributed by atoms with Crippen LogP contribution in [0.2, 0.25) is 0 Å². The molecule has 14 heavy (non-hydrogen) atoms. The number of thiocarbonyl (C=S) groups is 1. The Bertz CT molecular complexity index is 376. The molecule has 1 atom stereocenters. The summed E-state index contributed by atoms with van der Waals surface area (Å²) in [6, 6.07) is 0. The van der Waals surface area contributed by atoms with E-state index in [1.165, 1.54) is 11.0 Å². The van der Waals surface area contributed by atoms with Crippen LogP contribution in [-0.2, 0) is 10.1 Å². The fraction of sp³-hybridized carbons (Fsp3) is 0.286. The lowest BCUT2D eigenvalue weighted by Gasteiger charge is -2.30. The van der Waals surface area contributed by atoms with E-state index in [4.69, 9.17) is 4.55 Å². The van der Waals surface area contributed by atoms with Gasteiger partial charge in [0.25, 0.3) is 0 Å². The molecule has 0 saturated carbocycles. The Balaban J connectivity index is 3.13. The third-order valence-electron chi connectivity index (χ3n) is 1.72. The highest BCUT2D eigenvalue weighted by Gasteiger charge is 2.48. The minimum Gasteiger partial charge on any atom is -0.340 e. The Morgan fingerprint density at radius 3 is 2.79 bits per heavy atom. The molecule has 1 aliphatic rings. The molecule has 1 unspecified atom stereocenters. The van der Waals surface area contributed by atoms with Gasteiger partial charge in [-0.3, -0.25) is 4.55 Å². The summed E-state index contributed by atoms with van der Waals surface area (Å²) in [6.45, 7) is 3.80. The molecule has 0 amide bonds. The molecule has 0 spiro atoms. The molecular weight excluding hydrogens is 242 g/mol. The first-order valence-corrected chi connectivity index (χ1v) is 6.42. The van der Waals surface area contributed by atoms with E-state index in [0.29, 0.717) is 6.54 Å². The summed E-state index contributed by atoms with van der Waals surface area (Å²) in [6.07, 6.45) is 3.10. The normalized spacial score (nSPS) is 26.5. The molecule has 0 aromatic rings. The predicted molar refractivity (Wildman–Crippen MR) is 61.6 cm³/mol. The molecule has 0 aromatic heterocycles. The van der Waals surface area contributed by atoms with Gasteiger partial charge in [0.15, 0.2) is 0 Å². The first kappa shape index (κ1) is 11.7. The highest BCUT2D eigenvalue weighted by atomic mass is 32.3. The lowest BCUT2D eigenvalue weighted by molar-refractivity contribution is 0.379. The van der Waals surface area contributed by atoms with E-state index in [1.54, 1.807) is 11.6 Å². The van der Waals surface area contributed by atoms with Crippen LogP contribution in [0.5, 0.6) is 0 Å². The van der Waals surface area contributed by atoms with Crippen molar-refractivity contribution in [2.45, 2.75) is 4.20 Å². The molecule has 1 rings (SSSR count). The largest absolute Gasteiger partial charge is 0.340 e. The Morgan fingerprint density at radius 2 is 2.36 bits per heavy atom. The van der Waals surface area contributed by atoms with Crippen LogP contribution >= 0.6 is 24.0 Å². The zero-order valence-corrected chi connectivity index (χ0v) is 9.61. The van der Waals surface area contributed by atoms with Gasteiger partial charge >= 0.3 is 10.1 Å². The van der Waals surface area contributed by atoms with Gasteiger partial charge in [0.2, 0.25) is 4.20 Å². The first-order chi connectivity index (χ1) is 6.48. The summed E-state index contributed by atoms with van der Waals surface area (Å²) in [5, 5.41) is 2.61. The lowest BCUT2D eigenvalue weighted by Crippen LogP contribution is -2.47. The molecule has 1 N–H and O–H groups in total. The van der Waals surface area contributed by atoms with E-state index in [0.717, 1.165) is 17.1 Å². The second-order valence-corrected chi connectivity index (χ2v) is 5.76. The molecule has 0 radical (unpaired) electrons. The molecule has 0 aromatic carbocycles. The van der Waals surface area contributed by atoms with Crippen LogP contribution in [0.4, 0.5) is 0 Å². The molecular formula is C7H9NO3S3. The maximum absolute atomic E-state index is 11.2. The fourth-order valence-corrected chi connectivity index (χ4v) is 3.67. The van der Waals surface area contributed by atoms with Crippen molar-refractivity contribution in [2.24, 2.45) is 0 Å². The van der Waals surface area contributed by atoms with Gasteiger partial charge in [-0.2, -0.15) is 8.42 Å². The van der Waals surface area contributed by atoms with Crippen molar-refractivity contribution in [3.8, 4) is 0 Å². The van der Waals surface area contributed by atoms with Gasteiger partial charge in [-0.15, -0.1) is 6.58 Å². The van der Waals surface area contributed by atoms with Crippen molar-refractivity contribution in [3.05, 3.63) is 24.3 Å². The Kier molecular flexibility index (Phi) is 3.36. The predicted octanol–water partition coefficient (Wildman–Crippen LogP) is 1.23. The maximum atomic E-state index is 11.2. The van der Waals surface area contributed by atoms with Crippen molar-refractivity contribution in [2.75, 3.05) is 6.54 Å². The van der Waals surface area contributed by atoms with Gasteiger partial charge in [0.1, 0.15) is 0 Å². The third-order valence-corrected chi connectivity index (χ3v) is 5.32. The highest BCUT2D eigenvalue weighted by Crippen LogP contribution is 2.39. The average molecular weight is 251 g/mol. The summed E-state index contributed by atoms with van der Waals surface area (Å²) in [5.41, 5.74) is 0. The number of nitrogens with zero attached hydrogens (tertiary/aromatic N) is 1. The van der Waals surface area contributed by atoms with Gasteiger partial charge in [-0.25, -0.2) is 0 Å². The summed E-state index contributed by atoms with van der Waals surface area (Å²) in [5.74, 6) is 0. The topological polar surface area (TPSA) is 57.6 Å². The van der Waals surface area contributed by atoms with Gasteiger partial charge in [0, 0.05) is 18.1 Å². The van der Waals surface area contributed by atoms with Gasteiger partial charge in [-0.1, -0.05) is 30.1 Å². The molecule has 0 aliphatic carbocycles. The van der Waals surface area contributed by atoms with E-state index in [-0.39, 0.29) is 0 Å². The Morgan fingerprint density at radius 1 is 1.71 bits per heavy atom. The van der Waals surface area contributed by atoms with Crippen molar-refractivity contribution in [3.63, 3.8) is 0 Å². The number of thioether (sulfide) groups is 1. The monoisotopic (exact) mass is 251 g/mol. The number of rotatable bonds is 4. The van der Waals surface area contributed by atoms with Gasteiger partial charge in [-0.05, 0) is 5.41 Å². The quantitative estimate of drug-likeness (QED) is 0.461. The van der Waals surface area contributed by atoms with E-state index in [2.05, 4.69) is 18.8 Å². The molecule has 0 fully saturated rings. The minimum atomic E-state index is -4.27. The summed E-state index contributed by atoms with van der Waals surface area (Å²) in [4.78, 5) is 1.41. The second-order valence-electron chi connectivity index (χ2n) is 2.57. The third kappa shape index (κ3) is 1.72. The Hall–Kier alpha value is -0.370. The van der Waals surface area contributed by atoms with Crippen molar-refractivity contribution >= 4 is 39.5 Å². The van der Waals surface area contributed by atoms with Crippen LogP contribution in [0, 0.1) is 0 Å². The zero-order valence-electron chi connectivity index (χ0n) is 7.16. The summed E-state index contributed by atoms with van der Waals surface area (Å²) >= 11 is 5.61. The van der Waals surface area contributed by atoms with Crippen molar-refractivity contribution in [1.82, 2.24) is 4.90 Å². The van der Waals surface area contributed by atoms with E-state index in [9.17, 15) is 8.42 Å². The van der Waals surface area contributed by atoms with Crippen LogP contribution in [0.3, 0.4) is 0 Å². The van der Waals surface area contributed by atoms with E-state index < -0.39 is 14.3 Å². The highest BCUT2D eigenvalue weighted by molar-refractivity contribution is 8.16. The smallest absolute Gasteiger partial charge is 0.304 e. The lowest BCUT2D eigenvalue weighted by atomic mass is 10.5. The van der Waals surface area contributed by atoms with E-state index >= 15 is 0 Å². The van der Waals surface area contributed by atoms with Crippen LogP contribution in [0.25, 0.3) is 0 Å². The molecule has 7 heteroatoms. The minimum absolute atomic E-state index is 0.302. The molecule has 1 aliphatic heterocycles. The van der Waals surface area contributed by atoms with Crippen LogP contribution in [0.15, 0.2) is 24.3 Å². The molecule has 78 valence electrons. The van der Waals surface area contributed by atoms with Crippen LogP contribution < -0.4 is 0 Å². The van der Waals surface area contributed by atoms with Gasteiger partial charge < -0.3 is 4.90 Å². The maximum Gasteiger partial charge on any atom is 0.304 e. The molecule has 4 nitrogen and oxygen atoms in total. The number of hydrogen-bond acceptors (Lipinski definition) is 5. The Labute approximate surface area is 92.4 Å². The SMILES string of the molecule is C=CCN1C=CSC1(C=S)S(=O)(=O)O. The zero-order chi connectivity index (χ0) is 10.8. The second kappa shape index (κ2) is 4.01. The standard InChI is InChI=1S/C7H9NO3S3/c1-2-3-8-4-5-13-7(8,6-12)14(9,10)11/h2,4-6H,1,3H2,(H,9,10,11). The number of hydrogen-bond donors (Lipinski definition) is 1. The average Bonchev–Trinajstić information content (AvgIpc) is 2.48. The van der Waals surface area contributed by atoms with Crippen molar-refractivity contribution in [1.29, 1.82) is 0 Å². The van der Waals surface area contributed by atoms with Gasteiger partial charge in [0.05, 0.1) is 0 Å². The molecule has 0 bridgehead atoms. The summed E-state index contributed by atoms with van der Waals surface area (Å²) in [7, 11) is -4.27. The molecule has 1 heterocycles.